The van der Waals surface area contributed by atoms with Crippen LogP contribution >= 0.6 is 0 Å². The first-order valence-electron chi connectivity index (χ1n) is 6.82. The van der Waals surface area contributed by atoms with Gasteiger partial charge in [-0.15, -0.1) is 0 Å². The molecule has 0 bridgehead atoms. The molecule has 0 aromatic carbocycles. The molecule has 1 aliphatic rings. The number of nitrogens with zero attached hydrogens (tertiary/aromatic N) is 2. The Morgan fingerprint density at radius 2 is 2.14 bits per heavy atom. The van der Waals surface area contributed by atoms with Crippen LogP contribution in [0.3, 0.4) is 0 Å². The van der Waals surface area contributed by atoms with E-state index in [0.29, 0.717) is 25.2 Å². The lowest BCUT2D eigenvalue weighted by Gasteiger charge is -2.33. The third-order valence-electron chi connectivity index (χ3n) is 3.78. The van der Waals surface area contributed by atoms with Gasteiger partial charge in [0.2, 0.25) is 0 Å². The fraction of sp³-hybridized carbons (Fsp3) is 0.615. The zero-order valence-corrected chi connectivity index (χ0v) is 11.8. The molecule has 1 aliphatic heterocycles. The lowest BCUT2D eigenvalue weighted by Crippen LogP contribution is -2.48. The van der Waals surface area contributed by atoms with Crippen LogP contribution in [0.5, 0.6) is 0 Å². The number of hydrogen-bond donors (Lipinski definition) is 3. The maximum absolute atomic E-state index is 11.7. The van der Waals surface area contributed by atoms with Crippen molar-refractivity contribution in [1.82, 2.24) is 14.5 Å². The number of aromatic nitrogens is 2. The van der Waals surface area contributed by atoms with E-state index in [9.17, 15) is 19.5 Å². The van der Waals surface area contributed by atoms with E-state index in [0.717, 1.165) is 4.57 Å². The van der Waals surface area contributed by atoms with Gasteiger partial charge in [-0.25, -0.2) is 4.79 Å². The van der Waals surface area contributed by atoms with Crippen molar-refractivity contribution >= 4 is 5.97 Å². The number of piperidine rings is 1. The van der Waals surface area contributed by atoms with Crippen LogP contribution in [0.2, 0.25) is 0 Å². The highest BCUT2D eigenvalue weighted by Crippen LogP contribution is 2.17. The topological polar surface area (TPSA) is 116 Å². The zero-order chi connectivity index (χ0) is 15.6. The number of aliphatic carboxylic acids is 1. The van der Waals surface area contributed by atoms with E-state index in [1.54, 1.807) is 6.92 Å². The zero-order valence-electron chi connectivity index (χ0n) is 11.8. The minimum absolute atomic E-state index is 0.207. The van der Waals surface area contributed by atoms with Crippen molar-refractivity contribution in [1.29, 1.82) is 0 Å². The molecule has 2 atom stereocenters. The highest BCUT2D eigenvalue weighted by Gasteiger charge is 2.32. The Balaban J connectivity index is 1.98. The van der Waals surface area contributed by atoms with Gasteiger partial charge in [0.25, 0.3) is 5.56 Å². The molecule has 8 nitrogen and oxygen atoms in total. The van der Waals surface area contributed by atoms with Crippen LogP contribution in [0.15, 0.2) is 15.7 Å². The minimum Gasteiger partial charge on any atom is -0.481 e. The number of aryl methyl sites for hydroxylation is 1. The van der Waals surface area contributed by atoms with Crippen molar-refractivity contribution in [2.75, 3.05) is 19.6 Å². The van der Waals surface area contributed by atoms with Crippen LogP contribution in [-0.2, 0) is 11.3 Å². The monoisotopic (exact) mass is 297 g/mol. The molecule has 8 heteroatoms. The summed E-state index contributed by atoms with van der Waals surface area (Å²) >= 11 is 0. The maximum atomic E-state index is 11.7. The summed E-state index contributed by atoms with van der Waals surface area (Å²) in [6.07, 6.45) is -0.570. The first-order valence-corrected chi connectivity index (χ1v) is 6.82. The number of carbonyl (C=O) groups is 1. The number of H-pyrrole nitrogens is 1. The molecule has 116 valence electrons. The van der Waals surface area contributed by atoms with Gasteiger partial charge in [-0.2, -0.15) is 0 Å². The summed E-state index contributed by atoms with van der Waals surface area (Å²) < 4.78 is 1.10. The summed E-state index contributed by atoms with van der Waals surface area (Å²) in [5.74, 6) is -1.74. The summed E-state index contributed by atoms with van der Waals surface area (Å²) in [5.41, 5.74) is -0.308. The van der Waals surface area contributed by atoms with Gasteiger partial charge >= 0.3 is 11.7 Å². The van der Waals surface area contributed by atoms with Crippen molar-refractivity contribution in [2.45, 2.75) is 26.0 Å². The number of β-amino-alcohol motifs (C(OH)–C–C–N with tert-alkyl or cyclic N) is 1. The van der Waals surface area contributed by atoms with Crippen molar-refractivity contribution in [3.05, 3.63) is 32.6 Å². The molecular weight excluding hydrogens is 278 g/mol. The van der Waals surface area contributed by atoms with Gasteiger partial charge in [-0.1, -0.05) is 0 Å². The van der Waals surface area contributed by atoms with Crippen LogP contribution < -0.4 is 11.2 Å². The summed E-state index contributed by atoms with van der Waals surface area (Å²) in [4.78, 5) is 38.8. The summed E-state index contributed by atoms with van der Waals surface area (Å²) in [6, 6.07) is 1.35. The van der Waals surface area contributed by atoms with Gasteiger partial charge in [-0.05, 0) is 19.9 Å². The van der Waals surface area contributed by atoms with E-state index < -0.39 is 23.7 Å². The Kier molecular flexibility index (Phi) is 4.59. The molecule has 1 saturated heterocycles. The Bertz CT molecular complexity index is 604. The third kappa shape index (κ3) is 3.59. The molecule has 1 aromatic rings. The predicted octanol–water partition coefficient (Wildman–Crippen LogP) is -1.39. The molecule has 1 aromatic heterocycles. The van der Waals surface area contributed by atoms with Crippen LogP contribution in [0.25, 0.3) is 0 Å². The molecule has 3 N–H and O–H groups in total. The third-order valence-corrected chi connectivity index (χ3v) is 3.78. The molecule has 0 saturated carbocycles. The predicted molar refractivity (Wildman–Crippen MR) is 74.2 cm³/mol. The van der Waals surface area contributed by atoms with Crippen LogP contribution in [0.4, 0.5) is 0 Å². The van der Waals surface area contributed by atoms with Crippen molar-refractivity contribution < 1.29 is 15.0 Å². The second-order valence-electron chi connectivity index (χ2n) is 5.35. The largest absolute Gasteiger partial charge is 0.481 e. The molecule has 0 spiro atoms. The number of aliphatic hydroxyl groups excluding tert-OH is 1. The van der Waals surface area contributed by atoms with Gasteiger partial charge in [0.1, 0.15) is 0 Å². The number of rotatable bonds is 4. The van der Waals surface area contributed by atoms with Gasteiger partial charge in [0.05, 0.1) is 12.0 Å². The smallest absolute Gasteiger partial charge is 0.328 e. The SMILES string of the molecule is Cc1cc(=O)n(CCN2CC[C@H](C(=O)O)[C@H](O)C2)c(=O)[nH]1. The molecule has 1 fully saturated rings. The number of hydrogen-bond acceptors (Lipinski definition) is 5. The molecule has 2 heterocycles. The van der Waals surface area contributed by atoms with Gasteiger partial charge in [-0.3, -0.25) is 19.1 Å². The summed E-state index contributed by atoms with van der Waals surface area (Å²) in [6.45, 7) is 3.01. The van der Waals surface area contributed by atoms with Crippen LogP contribution in [0, 0.1) is 12.8 Å². The van der Waals surface area contributed by atoms with Gasteiger partial charge in [0.15, 0.2) is 0 Å². The summed E-state index contributed by atoms with van der Waals surface area (Å²) in [7, 11) is 0. The quantitative estimate of drug-likeness (QED) is 0.630. The molecular formula is C13H19N3O5. The molecule has 0 amide bonds. The van der Waals surface area contributed by atoms with E-state index in [1.807, 2.05) is 4.90 Å². The first-order chi connectivity index (χ1) is 9.88. The van der Waals surface area contributed by atoms with Crippen LogP contribution in [-0.4, -0.2) is 56.4 Å². The minimum atomic E-state index is -0.992. The Morgan fingerprint density at radius 3 is 2.71 bits per heavy atom. The molecule has 21 heavy (non-hydrogen) atoms. The van der Waals surface area contributed by atoms with Crippen molar-refractivity contribution in [3.63, 3.8) is 0 Å². The average Bonchev–Trinajstić information content (AvgIpc) is 2.36. The normalized spacial score (nSPS) is 23.1. The standard InChI is InChI=1S/C13H19N3O5/c1-8-6-11(18)16(13(21)14-8)5-4-15-3-2-9(12(19)20)10(17)7-15/h6,9-10,17H,2-5,7H2,1H3,(H,14,21)(H,19,20)/t9-,10+/m0/s1. The number of nitrogens with one attached hydrogen (secondary N) is 1. The second kappa shape index (κ2) is 6.23. The van der Waals surface area contributed by atoms with E-state index in [-0.39, 0.29) is 18.6 Å². The maximum Gasteiger partial charge on any atom is 0.328 e. The fourth-order valence-corrected chi connectivity index (χ4v) is 2.58. The highest BCUT2D eigenvalue weighted by molar-refractivity contribution is 5.70. The number of carboxylic acid groups (broad SMARTS) is 1. The second-order valence-corrected chi connectivity index (χ2v) is 5.35. The first kappa shape index (κ1) is 15.5. The average molecular weight is 297 g/mol. The van der Waals surface area contributed by atoms with Gasteiger partial charge < -0.3 is 15.2 Å². The number of aromatic amines is 1. The molecule has 0 radical (unpaired) electrons. The lowest BCUT2D eigenvalue weighted by molar-refractivity contribution is -0.148. The van der Waals surface area contributed by atoms with E-state index in [2.05, 4.69) is 4.98 Å². The number of aliphatic hydroxyl groups is 1. The number of carboxylic acids is 1. The van der Waals surface area contributed by atoms with Crippen molar-refractivity contribution in [2.24, 2.45) is 5.92 Å². The Hall–Kier alpha value is -1.93. The fourth-order valence-electron chi connectivity index (χ4n) is 2.58. The van der Waals surface area contributed by atoms with Crippen LogP contribution in [0.1, 0.15) is 12.1 Å². The number of likely N-dealkylation sites (tertiary alicyclic amines) is 1. The molecule has 0 aliphatic carbocycles. The highest BCUT2D eigenvalue weighted by atomic mass is 16.4. The van der Waals surface area contributed by atoms with E-state index in [4.69, 9.17) is 5.11 Å². The van der Waals surface area contributed by atoms with E-state index >= 15 is 0 Å². The van der Waals surface area contributed by atoms with Gasteiger partial charge in [0, 0.05) is 31.4 Å². The lowest BCUT2D eigenvalue weighted by atomic mass is 9.94. The van der Waals surface area contributed by atoms with E-state index in [1.165, 1.54) is 6.07 Å². The Labute approximate surface area is 120 Å². The summed E-state index contributed by atoms with van der Waals surface area (Å²) in [5, 5.41) is 18.7. The van der Waals surface area contributed by atoms with Crippen molar-refractivity contribution in [3.8, 4) is 0 Å². The molecule has 0 unspecified atom stereocenters. The molecule has 2 rings (SSSR count). The Morgan fingerprint density at radius 1 is 1.43 bits per heavy atom.